The zero-order chi connectivity index (χ0) is 9.90. The molecule has 0 spiro atoms. The summed E-state index contributed by atoms with van der Waals surface area (Å²) in [4.78, 5) is 0. The van der Waals surface area contributed by atoms with Gasteiger partial charge < -0.3 is 9.96 Å². The van der Waals surface area contributed by atoms with Gasteiger partial charge in [0.05, 0.1) is 21.1 Å². The number of hydrogen-bond acceptors (Lipinski definition) is 1. The van der Waals surface area contributed by atoms with Crippen molar-refractivity contribution in [3.05, 3.63) is 42.0 Å². The van der Waals surface area contributed by atoms with Crippen LogP contribution in [-0.2, 0) is 6.54 Å². The molecule has 0 heterocycles. The fourth-order valence-electron chi connectivity index (χ4n) is 1.39. The molecule has 0 unspecified atom stereocenters. The molecule has 0 radical (unpaired) electrons. The lowest BCUT2D eigenvalue weighted by molar-refractivity contribution is -0.884. The van der Waals surface area contributed by atoms with Gasteiger partial charge in [0.25, 0.3) is 0 Å². The van der Waals surface area contributed by atoms with E-state index in [0.717, 1.165) is 11.0 Å². The lowest BCUT2D eigenvalue weighted by Gasteiger charge is -2.24. The van der Waals surface area contributed by atoms with E-state index >= 15 is 0 Å². The first-order valence-corrected chi connectivity index (χ1v) is 4.54. The van der Waals surface area contributed by atoms with Crippen LogP contribution < -0.4 is 0 Å². The lowest BCUT2D eigenvalue weighted by atomic mass is 10.1. The van der Waals surface area contributed by atoms with E-state index in [1.54, 1.807) is 0 Å². The maximum atomic E-state index is 3.81. The van der Waals surface area contributed by atoms with Gasteiger partial charge in [-0.25, -0.2) is 0 Å². The summed E-state index contributed by atoms with van der Waals surface area (Å²) in [6.45, 7) is 4.86. The monoisotopic (exact) mass is 193 g/mol. The molecular weight excluding hydrogens is 174 g/mol. The number of rotatable bonds is 3. The van der Waals surface area contributed by atoms with Gasteiger partial charge in [-0.3, -0.25) is 0 Å². The number of nitrogens with zero attached hydrogens (tertiary/aromatic N) is 1. The van der Waals surface area contributed by atoms with Gasteiger partial charge in [0.2, 0.25) is 0 Å². The molecule has 0 amide bonds. The van der Waals surface area contributed by atoms with E-state index in [1.165, 1.54) is 11.1 Å². The van der Waals surface area contributed by atoms with Gasteiger partial charge in [0.15, 0.2) is 0 Å². The smallest absolute Gasteiger partial charge is 0.104 e. The number of quaternary nitrogens is 1. The molecule has 2 nitrogen and oxygen atoms in total. The Morgan fingerprint density at radius 2 is 1.79 bits per heavy atom. The van der Waals surface area contributed by atoms with E-state index < -0.39 is 0 Å². The molecule has 0 atom stereocenters. The van der Waals surface area contributed by atoms with E-state index in [0.29, 0.717) is 0 Å². The average molecular weight is 193 g/mol. The van der Waals surface area contributed by atoms with Gasteiger partial charge in [-0.1, -0.05) is 36.9 Å². The molecule has 0 bridgehead atoms. The van der Waals surface area contributed by atoms with Crippen LogP contribution in [0.1, 0.15) is 11.1 Å². The fourth-order valence-corrected chi connectivity index (χ4v) is 1.39. The first-order chi connectivity index (χ1) is 6.03. The molecule has 1 N–H and O–H groups in total. The average Bonchev–Trinajstić information content (AvgIpc) is 2.02. The van der Waals surface area contributed by atoms with Crippen molar-refractivity contribution in [1.29, 1.82) is 0 Å². The third kappa shape index (κ3) is 3.73. The summed E-state index contributed by atoms with van der Waals surface area (Å²) >= 11 is 0. The molecule has 0 saturated carbocycles. The summed E-state index contributed by atoms with van der Waals surface area (Å²) < 4.78 is 0.949. The van der Waals surface area contributed by atoms with Crippen LogP contribution in [0.5, 0.6) is 0 Å². The highest BCUT2D eigenvalue weighted by atomic mass is 16.0. The van der Waals surface area contributed by atoms with Crippen LogP contribution >= 0.6 is 0 Å². The topological polar surface area (TPSA) is 30.0 Å². The third-order valence-corrected chi connectivity index (χ3v) is 1.92. The summed E-state index contributed by atoms with van der Waals surface area (Å²) in [5.74, 6) is 0. The van der Waals surface area contributed by atoms with Crippen molar-refractivity contribution < 1.29 is 9.96 Å². The first kappa shape index (κ1) is 12.9. The second-order valence-electron chi connectivity index (χ2n) is 4.35. The quantitative estimate of drug-likeness (QED) is 0.678. The normalized spacial score (nSPS) is 10.5. The van der Waals surface area contributed by atoms with E-state index in [9.17, 15) is 0 Å². The predicted octanol–water partition coefficient (Wildman–Crippen LogP) is 2.36. The maximum absolute atomic E-state index is 3.81. The molecule has 0 aliphatic heterocycles. The van der Waals surface area contributed by atoms with E-state index in [2.05, 4.69) is 52.0 Å². The molecule has 0 aliphatic rings. The van der Waals surface area contributed by atoms with Crippen molar-refractivity contribution in [3.8, 4) is 0 Å². The van der Waals surface area contributed by atoms with Crippen LogP contribution in [0.4, 0.5) is 0 Å². The first-order valence-electron chi connectivity index (χ1n) is 4.54. The van der Waals surface area contributed by atoms with E-state index in [-0.39, 0.29) is 5.48 Å². The van der Waals surface area contributed by atoms with Gasteiger partial charge in [0, 0.05) is 5.56 Å². The van der Waals surface area contributed by atoms with Crippen LogP contribution in [0.2, 0.25) is 0 Å². The Bertz CT molecular complexity index is 299. The van der Waals surface area contributed by atoms with Gasteiger partial charge in [-0.05, 0) is 5.56 Å². The fraction of sp³-hybridized carbons (Fsp3) is 0.333. The highest BCUT2D eigenvalue weighted by Gasteiger charge is 2.09. The molecule has 0 fully saturated rings. The molecule has 0 aliphatic carbocycles. The Labute approximate surface area is 86.4 Å². The van der Waals surface area contributed by atoms with Crippen LogP contribution in [0.25, 0.3) is 6.08 Å². The van der Waals surface area contributed by atoms with E-state index in [4.69, 9.17) is 0 Å². The highest BCUT2D eigenvalue weighted by Crippen LogP contribution is 2.13. The van der Waals surface area contributed by atoms with Gasteiger partial charge in [-0.15, -0.1) is 0 Å². The van der Waals surface area contributed by atoms with Gasteiger partial charge >= 0.3 is 0 Å². The number of benzene rings is 1. The molecule has 1 aromatic carbocycles. The van der Waals surface area contributed by atoms with Crippen molar-refractivity contribution in [2.45, 2.75) is 6.54 Å². The molecule has 1 rings (SSSR count). The predicted molar refractivity (Wildman–Crippen MR) is 60.2 cm³/mol. The summed E-state index contributed by atoms with van der Waals surface area (Å²) in [5.41, 5.74) is 2.61. The largest absolute Gasteiger partial charge is 0.870 e. The number of hydrogen-bond donors (Lipinski definition) is 0. The molecule has 0 saturated heterocycles. The Kier molecular flexibility index (Phi) is 4.54. The summed E-state index contributed by atoms with van der Waals surface area (Å²) in [5, 5.41) is 0. The molecule has 1 aromatic rings. The zero-order valence-electron chi connectivity index (χ0n) is 9.20. The molecule has 78 valence electrons. The maximum Gasteiger partial charge on any atom is 0.104 e. The van der Waals surface area contributed by atoms with Crippen LogP contribution in [-0.4, -0.2) is 31.1 Å². The lowest BCUT2D eigenvalue weighted by Crippen LogP contribution is -2.33. The van der Waals surface area contributed by atoms with Crippen molar-refractivity contribution in [2.24, 2.45) is 0 Å². The standard InChI is InChI=1S/C12H18N.H2O/c1-5-11-8-6-7-9-12(11)10-13(2,3)4;/h5-9H,1,10H2,2-4H3;1H2/q+1;/p-1. The molecule has 2 heteroatoms. The Morgan fingerprint density at radius 3 is 2.29 bits per heavy atom. The van der Waals surface area contributed by atoms with Crippen molar-refractivity contribution in [1.82, 2.24) is 0 Å². The minimum atomic E-state index is 0. The van der Waals surface area contributed by atoms with Crippen LogP contribution in [0, 0.1) is 0 Å². The molecular formula is C12H19NO. The summed E-state index contributed by atoms with van der Waals surface area (Å²) in [7, 11) is 6.58. The third-order valence-electron chi connectivity index (χ3n) is 1.92. The minimum Gasteiger partial charge on any atom is -0.870 e. The van der Waals surface area contributed by atoms with Crippen molar-refractivity contribution in [3.63, 3.8) is 0 Å². The summed E-state index contributed by atoms with van der Waals surface area (Å²) in [6.07, 6.45) is 1.92. The Morgan fingerprint density at radius 1 is 1.21 bits per heavy atom. The Balaban J connectivity index is 0.00000169. The van der Waals surface area contributed by atoms with E-state index in [1.807, 2.05) is 6.08 Å². The van der Waals surface area contributed by atoms with Crippen molar-refractivity contribution in [2.75, 3.05) is 21.1 Å². The molecule has 14 heavy (non-hydrogen) atoms. The van der Waals surface area contributed by atoms with Crippen molar-refractivity contribution >= 4 is 6.08 Å². The van der Waals surface area contributed by atoms with Crippen LogP contribution in [0.3, 0.4) is 0 Å². The minimum absolute atomic E-state index is 0. The van der Waals surface area contributed by atoms with Crippen LogP contribution in [0.15, 0.2) is 30.8 Å². The Hall–Kier alpha value is -1.12. The van der Waals surface area contributed by atoms with Gasteiger partial charge in [-0.2, -0.15) is 0 Å². The SMILES string of the molecule is C=Cc1ccccc1C[N+](C)(C)C.[OH-]. The highest BCUT2D eigenvalue weighted by molar-refractivity contribution is 5.51. The second-order valence-corrected chi connectivity index (χ2v) is 4.35. The second kappa shape index (κ2) is 4.94. The molecule has 0 aromatic heterocycles. The van der Waals surface area contributed by atoms with Gasteiger partial charge in [0.1, 0.15) is 6.54 Å². The zero-order valence-corrected chi connectivity index (χ0v) is 9.20. The summed E-state index contributed by atoms with van der Waals surface area (Å²) in [6, 6.07) is 8.41.